The molecule has 28 heavy (non-hydrogen) atoms. The van der Waals surface area contributed by atoms with E-state index in [0.29, 0.717) is 30.2 Å². The van der Waals surface area contributed by atoms with E-state index in [2.05, 4.69) is 15.6 Å². The molecule has 1 aromatic heterocycles. The SMILES string of the molecule is COc1ccc(NC(=O)c2nc(C(=O)NCCN(C)C)c3n2CCCC3)cc1. The van der Waals surface area contributed by atoms with Gasteiger partial charge in [-0.05, 0) is 57.6 Å². The highest BCUT2D eigenvalue weighted by Gasteiger charge is 2.27. The second-order valence-electron chi connectivity index (χ2n) is 7.08. The number of aromatic nitrogens is 2. The van der Waals surface area contributed by atoms with Crippen LogP contribution in [0.4, 0.5) is 5.69 Å². The maximum Gasteiger partial charge on any atom is 0.291 e. The van der Waals surface area contributed by atoms with Crippen molar-refractivity contribution in [3.63, 3.8) is 0 Å². The Kier molecular flexibility index (Phi) is 6.30. The van der Waals surface area contributed by atoms with Crippen LogP contribution >= 0.6 is 0 Å². The Hall–Kier alpha value is -2.87. The van der Waals surface area contributed by atoms with Crippen LogP contribution in [0, 0.1) is 0 Å². The molecule has 2 amide bonds. The van der Waals surface area contributed by atoms with Crippen LogP contribution in [0.1, 0.15) is 39.6 Å². The van der Waals surface area contributed by atoms with Gasteiger partial charge in [-0.25, -0.2) is 4.98 Å². The van der Waals surface area contributed by atoms with Gasteiger partial charge in [0.2, 0.25) is 0 Å². The zero-order chi connectivity index (χ0) is 20.1. The lowest BCUT2D eigenvalue weighted by atomic mass is 10.1. The van der Waals surface area contributed by atoms with Crippen LogP contribution < -0.4 is 15.4 Å². The Bertz CT molecular complexity index is 842. The molecule has 3 rings (SSSR count). The first-order chi connectivity index (χ1) is 13.5. The van der Waals surface area contributed by atoms with Crippen molar-refractivity contribution >= 4 is 17.5 Å². The predicted octanol–water partition coefficient (Wildman–Crippen LogP) is 1.77. The van der Waals surface area contributed by atoms with Crippen LogP contribution in [0.15, 0.2) is 24.3 Å². The van der Waals surface area contributed by atoms with Gasteiger partial charge in [-0.2, -0.15) is 0 Å². The molecular formula is C20H27N5O3. The largest absolute Gasteiger partial charge is 0.497 e. The van der Waals surface area contributed by atoms with Gasteiger partial charge < -0.3 is 24.8 Å². The summed E-state index contributed by atoms with van der Waals surface area (Å²) in [7, 11) is 5.49. The number of benzene rings is 1. The molecule has 0 fully saturated rings. The molecule has 1 aromatic carbocycles. The van der Waals surface area contributed by atoms with Gasteiger partial charge in [-0.15, -0.1) is 0 Å². The number of nitrogens with one attached hydrogen (secondary N) is 2. The lowest BCUT2D eigenvalue weighted by Gasteiger charge is -2.17. The molecule has 0 spiro atoms. The molecule has 0 saturated carbocycles. The number of carbonyl (C=O) groups is 2. The molecule has 0 atom stereocenters. The van der Waals surface area contributed by atoms with Gasteiger partial charge in [0.1, 0.15) is 11.4 Å². The minimum atomic E-state index is -0.319. The Morgan fingerprint density at radius 2 is 1.93 bits per heavy atom. The molecule has 0 aliphatic carbocycles. The molecule has 0 radical (unpaired) electrons. The molecule has 150 valence electrons. The first-order valence-electron chi connectivity index (χ1n) is 9.47. The minimum absolute atomic E-state index is 0.226. The number of nitrogens with zero attached hydrogens (tertiary/aromatic N) is 3. The molecule has 1 aliphatic rings. The second-order valence-corrected chi connectivity index (χ2v) is 7.08. The lowest BCUT2D eigenvalue weighted by Crippen LogP contribution is -2.32. The van der Waals surface area contributed by atoms with Gasteiger partial charge in [0.15, 0.2) is 5.82 Å². The van der Waals surface area contributed by atoms with Gasteiger partial charge >= 0.3 is 0 Å². The fraction of sp³-hybridized carbons (Fsp3) is 0.450. The Balaban J connectivity index is 1.79. The van der Waals surface area contributed by atoms with Crippen molar-refractivity contribution in [2.24, 2.45) is 0 Å². The van der Waals surface area contributed by atoms with Crippen LogP contribution in [-0.4, -0.2) is 60.6 Å². The van der Waals surface area contributed by atoms with Gasteiger partial charge in [-0.3, -0.25) is 9.59 Å². The minimum Gasteiger partial charge on any atom is -0.497 e. The van der Waals surface area contributed by atoms with E-state index in [4.69, 9.17) is 4.74 Å². The van der Waals surface area contributed by atoms with Crippen molar-refractivity contribution in [1.82, 2.24) is 19.8 Å². The number of methoxy groups -OCH3 is 1. The highest BCUT2D eigenvalue weighted by Crippen LogP contribution is 2.22. The van der Waals surface area contributed by atoms with E-state index in [1.165, 1.54) is 0 Å². The topological polar surface area (TPSA) is 88.5 Å². The molecule has 2 heterocycles. The number of carbonyl (C=O) groups excluding carboxylic acids is 2. The van der Waals surface area contributed by atoms with E-state index in [0.717, 1.165) is 31.5 Å². The van der Waals surface area contributed by atoms with Crippen molar-refractivity contribution in [2.45, 2.75) is 25.8 Å². The van der Waals surface area contributed by atoms with Crippen molar-refractivity contribution in [3.05, 3.63) is 41.5 Å². The molecule has 8 heteroatoms. The van der Waals surface area contributed by atoms with Crippen molar-refractivity contribution in [3.8, 4) is 5.75 Å². The zero-order valence-corrected chi connectivity index (χ0v) is 16.6. The molecule has 8 nitrogen and oxygen atoms in total. The summed E-state index contributed by atoms with van der Waals surface area (Å²) in [4.78, 5) is 31.8. The number of amides is 2. The third-order valence-electron chi connectivity index (χ3n) is 4.73. The summed E-state index contributed by atoms with van der Waals surface area (Å²) in [6, 6.07) is 7.10. The Morgan fingerprint density at radius 1 is 1.18 bits per heavy atom. The van der Waals surface area contributed by atoms with E-state index >= 15 is 0 Å². The molecule has 2 N–H and O–H groups in total. The fourth-order valence-corrected chi connectivity index (χ4v) is 3.24. The van der Waals surface area contributed by atoms with Crippen LogP contribution in [0.5, 0.6) is 5.75 Å². The summed E-state index contributed by atoms with van der Waals surface area (Å²) in [5, 5.41) is 5.75. The van der Waals surface area contributed by atoms with E-state index in [1.807, 2.05) is 23.6 Å². The molecular weight excluding hydrogens is 358 g/mol. The van der Waals surface area contributed by atoms with Crippen molar-refractivity contribution in [2.75, 3.05) is 39.6 Å². The van der Waals surface area contributed by atoms with Crippen LogP contribution in [0.25, 0.3) is 0 Å². The summed E-state index contributed by atoms with van der Waals surface area (Å²) in [5.74, 6) is 0.452. The van der Waals surface area contributed by atoms with E-state index in [-0.39, 0.29) is 17.6 Å². The van der Waals surface area contributed by atoms with Gasteiger partial charge in [-0.1, -0.05) is 0 Å². The highest BCUT2D eigenvalue weighted by atomic mass is 16.5. The summed E-state index contributed by atoms with van der Waals surface area (Å²) >= 11 is 0. The number of imidazole rings is 1. The lowest BCUT2D eigenvalue weighted by molar-refractivity contribution is 0.0945. The summed E-state index contributed by atoms with van der Waals surface area (Å²) < 4.78 is 7.01. The quantitative estimate of drug-likeness (QED) is 0.758. The molecule has 2 aromatic rings. The van der Waals surface area contributed by atoms with Crippen molar-refractivity contribution in [1.29, 1.82) is 0 Å². The maximum absolute atomic E-state index is 12.8. The number of anilines is 1. The number of likely N-dealkylation sites (N-methyl/N-ethyl adjacent to an activating group) is 1. The average molecular weight is 385 g/mol. The van der Waals surface area contributed by atoms with Crippen LogP contribution in [-0.2, 0) is 13.0 Å². The van der Waals surface area contributed by atoms with Gasteiger partial charge in [0.05, 0.1) is 12.8 Å². The Labute approximate surface area is 164 Å². The maximum atomic E-state index is 12.8. The second kappa shape index (κ2) is 8.88. The number of ether oxygens (including phenoxy) is 1. The first kappa shape index (κ1) is 19.9. The van der Waals surface area contributed by atoms with E-state index in [9.17, 15) is 9.59 Å². The fourth-order valence-electron chi connectivity index (χ4n) is 3.24. The third-order valence-corrected chi connectivity index (χ3v) is 4.73. The number of rotatable bonds is 7. The highest BCUT2D eigenvalue weighted by molar-refractivity contribution is 6.03. The summed E-state index contributed by atoms with van der Waals surface area (Å²) in [6.45, 7) is 1.97. The molecule has 0 unspecified atom stereocenters. The standard InChI is InChI=1S/C20H27N5O3/c1-24(2)13-11-21-19(26)17-16-6-4-5-12-25(16)18(23-17)20(27)22-14-7-9-15(28-3)10-8-14/h7-10H,4-6,11-13H2,1-3H3,(H,21,26)(H,22,27). The van der Waals surface area contributed by atoms with E-state index < -0.39 is 0 Å². The molecule has 1 aliphatic heterocycles. The zero-order valence-electron chi connectivity index (χ0n) is 16.6. The first-order valence-corrected chi connectivity index (χ1v) is 9.47. The molecule has 0 bridgehead atoms. The monoisotopic (exact) mass is 385 g/mol. The number of fused-ring (bicyclic) bond motifs is 1. The summed E-state index contributed by atoms with van der Waals surface area (Å²) in [6.07, 6.45) is 2.70. The van der Waals surface area contributed by atoms with E-state index in [1.54, 1.807) is 31.4 Å². The number of hydrogen-bond donors (Lipinski definition) is 2. The van der Waals surface area contributed by atoms with Crippen LogP contribution in [0.3, 0.4) is 0 Å². The van der Waals surface area contributed by atoms with Crippen molar-refractivity contribution < 1.29 is 14.3 Å². The van der Waals surface area contributed by atoms with Gasteiger partial charge in [0.25, 0.3) is 11.8 Å². The smallest absolute Gasteiger partial charge is 0.291 e. The summed E-state index contributed by atoms with van der Waals surface area (Å²) in [5.41, 5.74) is 1.85. The normalized spacial score (nSPS) is 13.1. The third kappa shape index (κ3) is 4.51. The Morgan fingerprint density at radius 3 is 2.61 bits per heavy atom. The molecule has 0 saturated heterocycles. The van der Waals surface area contributed by atoms with Crippen LogP contribution in [0.2, 0.25) is 0 Å². The predicted molar refractivity (Wildman–Crippen MR) is 107 cm³/mol. The number of hydrogen-bond acceptors (Lipinski definition) is 5. The average Bonchev–Trinajstić information content (AvgIpc) is 3.08. The van der Waals surface area contributed by atoms with Gasteiger partial charge in [0, 0.05) is 25.3 Å².